The van der Waals surface area contributed by atoms with Gasteiger partial charge >= 0.3 is 0 Å². The lowest BCUT2D eigenvalue weighted by molar-refractivity contribution is -0.124. The molecule has 1 amide bonds. The van der Waals surface area contributed by atoms with E-state index in [9.17, 15) is 4.79 Å². The Labute approximate surface area is 202 Å². The van der Waals surface area contributed by atoms with Gasteiger partial charge in [-0.15, -0.1) is 0 Å². The number of halogens is 1. The van der Waals surface area contributed by atoms with Gasteiger partial charge in [0.2, 0.25) is 5.91 Å². The van der Waals surface area contributed by atoms with Crippen molar-refractivity contribution in [1.29, 1.82) is 5.26 Å². The Hall–Kier alpha value is -3.87. The highest BCUT2D eigenvalue weighted by molar-refractivity contribution is 6.33. The summed E-state index contributed by atoms with van der Waals surface area (Å²) < 4.78 is 5.52. The number of hydrogen-bond acceptors (Lipinski definition) is 6. The Morgan fingerprint density at radius 2 is 1.88 bits per heavy atom. The number of nitrogens with zero attached hydrogens (tertiary/aromatic N) is 4. The molecule has 3 aromatic rings. The first-order valence-electron chi connectivity index (χ1n) is 10.7. The molecule has 0 saturated carbocycles. The SMILES string of the molecule is N#Cc1ccc(CN(Cc2cc(-c3ccccc3Cl)on2)C(CCCN=C(N)N)C(N)=O)cc1. The van der Waals surface area contributed by atoms with E-state index >= 15 is 0 Å². The van der Waals surface area contributed by atoms with Crippen LogP contribution in [0.3, 0.4) is 0 Å². The van der Waals surface area contributed by atoms with Gasteiger partial charge < -0.3 is 21.7 Å². The fraction of sp³-hybridized carbons (Fsp3) is 0.250. The van der Waals surface area contributed by atoms with E-state index in [1.807, 2.05) is 35.2 Å². The lowest BCUT2D eigenvalue weighted by atomic mass is 10.1. The fourth-order valence-corrected chi connectivity index (χ4v) is 3.80. The monoisotopic (exact) mass is 479 g/mol. The van der Waals surface area contributed by atoms with Gasteiger partial charge in [-0.05, 0) is 42.7 Å². The minimum absolute atomic E-state index is 0.000219. The van der Waals surface area contributed by atoms with Gasteiger partial charge in [0.05, 0.1) is 28.4 Å². The van der Waals surface area contributed by atoms with Crippen LogP contribution in [0.25, 0.3) is 11.3 Å². The van der Waals surface area contributed by atoms with Gasteiger partial charge in [-0.25, -0.2) is 0 Å². The van der Waals surface area contributed by atoms with Crippen LogP contribution in [0.1, 0.15) is 29.7 Å². The van der Waals surface area contributed by atoms with Crippen LogP contribution in [0.15, 0.2) is 64.1 Å². The maximum atomic E-state index is 12.4. The number of nitrogens with two attached hydrogens (primary N) is 3. The molecule has 9 nitrogen and oxygen atoms in total. The van der Waals surface area contributed by atoms with E-state index < -0.39 is 11.9 Å². The summed E-state index contributed by atoms with van der Waals surface area (Å²) in [7, 11) is 0. The largest absolute Gasteiger partial charge is 0.370 e. The molecule has 6 N–H and O–H groups in total. The third kappa shape index (κ3) is 6.81. The molecule has 0 radical (unpaired) electrons. The highest BCUT2D eigenvalue weighted by Gasteiger charge is 2.25. The van der Waals surface area contributed by atoms with E-state index in [2.05, 4.69) is 16.2 Å². The zero-order valence-corrected chi connectivity index (χ0v) is 19.3. The van der Waals surface area contributed by atoms with Crippen molar-refractivity contribution in [3.8, 4) is 17.4 Å². The Balaban J connectivity index is 1.84. The number of rotatable bonds is 11. The maximum absolute atomic E-state index is 12.4. The summed E-state index contributed by atoms with van der Waals surface area (Å²) in [6.07, 6.45) is 1.02. The molecular weight excluding hydrogens is 454 g/mol. The van der Waals surface area contributed by atoms with Gasteiger partial charge in [0.25, 0.3) is 0 Å². The second kappa shape index (κ2) is 11.8. The molecule has 34 heavy (non-hydrogen) atoms. The first-order valence-corrected chi connectivity index (χ1v) is 11.0. The molecule has 0 aliphatic rings. The van der Waals surface area contributed by atoms with Crippen LogP contribution in [0, 0.1) is 11.3 Å². The van der Waals surface area contributed by atoms with Crippen molar-refractivity contribution in [2.24, 2.45) is 22.2 Å². The van der Waals surface area contributed by atoms with Crippen LogP contribution >= 0.6 is 11.6 Å². The fourth-order valence-electron chi connectivity index (χ4n) is 3.58. The highest BCUT2D eigenvalue weighted by atomic mass is 35.5. The predicted molar refractivity (Wildman–Crippen MR) is 130 cm³/mol. The topological polar surface area (TPSA) is 161 Å². The number of carbonyl (C=O) groups is 1. The van der Waals surface area contributed by atoms with Crippen molar-refractivity contribution in [3.05, 3.63) is 76.4 Å². The number of amides is 1. The highest BCUT2D eigenvalue weighted by Crippen LogP contribution is 2.28. The third-order valence-electron chi connectivity index (χ3n) is 5.23. The molecule has 1 heterocycles. The average molecular weight is 480 g/mol. The minimum atomic E-state index is -0.592. The van der Waals surface area contributed by atoms with E-state index in [0.717, 1.165) is 11.1 Å². The van der Waals surface area contributed by atoms with Crippen molar-refractivity contribution >= 4 is 23.5 Å². The molecule has 0 saturated heterocycles. The Kier molecular flexibility index (Phi) is 8.62. The molecule has 0 aliphatic carbocycles. The molecule has 0 spiro atoms. The Morgan fingerprint density at radius 1 is 1.15 bits per heavy atom. The Bertz CT molecular complexity index is 1180. The number of nitriles is 1. The summed E-state index contributed by atoms with van der Waals surface area (Å²) in [4.78, 5) is 18.3. The molecule has 1 unspecified atom stereocenters. The molecule has 0 bridgehead atoms. The van der Waals surface area contributed by atoms with Crippen LogP contribution in [-0.2, 0) is 17.9 Å². The number of primary amides is 1. The number of carbonyl (C=O) groups excluding carboxylic acids is 1. The van der Waals surface area contributed by atoms with Gasteiger partial charge in [-0.1, -0.05) is 41.0 Å². The summed E-state index contributed by atoms with van der Waals surface area (Å²) in [6, 6.07) is 17.8. The van der Waals surface area contributed by atoms with E-state index in [-0.39, 0.29) is 5.96 Å². The number of aliphatic imine (C=N–C) groups is 1. The molecule has 1 aromatic heterocycles. The van der Waals surface area contributed by atoms with E-state index in [1.54, 1.807) is 24.3 Å². The summed E-state index contributed by atoms with van der Waals surface area (Å²) in [6.45, 7) is 1.11. The minimum Gasteiger partial charge on any atom is -0.370 e. The lowest BCUT2D eigenvalue weighted by Crippen LogP contribution is -2.44. The zero-order valence-electron chi connectivity index (χ0n) is 18.5. The van der Waals surface area contributed by atoms with Crippen LogP contribution < -0.4 is 17.2 Å². The molecular formula is C24H26ClN7O2. The van der Waals surface area contributed by atoms with Crippen molar-refractivity contribution < 1.29 is 9.32 Å². The van der Waals surface area contributed by atoms with Crippen LogP contribution in [0.2, 0.25) is 5.02 Å². The first-order chi connectivity index (χ1) is 16.4. The van der Waals surface area contributed by atoms with Gasteiger partial charge in [-0.2, -0.15) is 5.26 Å². The predicted octanol–water partition coefficient (Wildman–Crippen LogP) is 2.78. The van der Waals surface area contributed by atoms with Crippen LogP contribution in [0.5, 0.6) is 0 Å². The molecule has 176 valence electrons. The van der Waals surface area contributed by atoms with Crippen LogP contribution in [-0.4, -0.2) is 34.5 Å². The molecule has 0 aliphatic heterocycles. The zero-order chi connectivity index (χ0) is 24.5. The van der Waals surface area contributed by atoms with E-state index in [1.165, 1.54) is 0 Å². The molecule has 2 aromatic carbocycles. The van der Waals surface area contributed by atoms with Crippen molar-refractivity contribution in [2.45, 2.75) is 32.0 Å². The molecule has 1 atom stereocenters. The first kappa shape index (κ1) is 24.8. The number of aromatic nitrogens is 1. The lowest BCUT2D eigenvalue weighted by Gasteiger charge is -2.29. The van der Waals surface area contributed by atoms with Crippen molar-refractivity contribution in [2.75, 3.05) is 6.54 Å². The summed E-state index contributed by atoms with van der Waals surface area (Å²) in [5.41, 5.74) is 19.4. The third-order valence-corrected chi connectivity index (χ3v) is 5.56. The molecule has 0 fully saturated rings. The molecule has 10 heteroatoms. The second-order valence-electron chi connectivity index (χ2n) is 7.74. The quantitative estimate of drug-likeness (QED) is 0.216. The number of guanidine groups is 1. The van der Waals surface area contributed by atoms with Crippen molar-refractivity contribution in [1.82, 2.24) is 10.1 Å². The second-order valence-corrected chi connectivity index (χ2v) is 8.15. The number of hydrogen-bond donors (Lipinski definition) is 3. The summed E-state index contributed by atoms with van der Waals surface area (Å²) in [5, 5.41) is 13.8. The number of benzene rings is 2. The normalized spacial score (nSPS) is 11.7. The average Bonchev–Trinajstić information content (AvgIpc) is 3.27. The standard InChI is InChI=1S/C24H26ClN7O2/c25-20-5-2-1-4-19(20)22-12-18(31-34-22)15-32(14-17-9-7-16(13-26)8-10-17)21(23(27)33)6-3-11-30-24(28)29/h1-2,4-5,7-10,12,21H,3,6,11,14-15H2,(H2,27,33)(H4,28,29,30). The summed E-state index contributed by atoms with van der Waals surface area (Å²) >= 11 is 6.28. The van der Waals surface area contributed by atoms with Crippen LogP contribution in [0.4, 0.5) is 0 Å². The maximum Gasteiger partial charge on any atom is 0.234 e. The Morgan fingerprint density at radius 3 is 2.53 bits per heavy atom. The summed E-state index contributed by atoms with van der Waals surface area (Å²) in [5.74, 6) is 0.0650. The smallest absolute Gasteiger partial charge is 0.234 e. The molecule has 3 rings (SSSR count). The van der Waals surface area contributed by atoms with Gasteiger partial charge in [-0.3, -0.25) is 14.7 Å². The van der Waals surface area contributed by atoms with Crippen molar-refractivity contribution in [3.63, 3.8) is 0 Å². The van der Waals surface area contributed by atoms with Gasteiger partial charge in [0.15, 0.2) is 11.7 Å². The van der Waals surface area contributed by atoms with E-state index in [4.69, 9.17) is 38.6 Å². The van der Waals surface area contributed by atoms with Gasteiger partial charge in [0, 0.05) is 31.3 Å². The van der Waals surface area contributed by atoms with Gasteiger partial charge in [0.1, 0.15) is 0 Å². The van der Waals surface area contributed by atoms with E-state index in [0.29, 0.717) is 54.5 Å².